The fraction of sp³-hybridized carbons (Fsp3) is 0.318. The predicted octanol–water partition coefficient (Wildman–Crippen LogP) is 2.40. The highest BCUT2D eigenvalue weighted by atomic mass is 19.1. The summed E-state index contributed by atoms with van der Waals surface area (Å²) in [4.78, 5) is 17.3. The fourth-order valence-electron chi connectivity index (χ4n) is 3.64. The van der Waals surface area contributed by atoms with Gasteiger partial charge in [-0.2, -0.15) is 0 Å². The molecule has 156 valence electrons. The molecule has 1 saturated heterocycles. The molecule has 1 fully saturated rings. The molecule has 2 aromatic carbocycles. The third-order valence-corrected chi connectivity index (χ3v) is 5.41. The molecule has 1 N–H and O–H groups in total. The number of anilines is 1. The van der Waals surface area contributed by atoms with E-state index in [1.807, 2.05) is 18.2 Å². The molecule has 8 heteroatoms. The number of halogens is 1. The molecule has 1 aliphatic heterocycles. The Morgan fingerprint density at radius 3 is 2.63 bits per heavy atom. The van der Waals surface area contributed by atoms with E-state index in [1.165, 1.54) is 16.8 Å². The predicted molar refractivity (Wildman–Crippen MR) is 113 cm³/mol. The van der Waals surface area contributed by atoms with E-state index < -0.39 is 0 Å². The standard InChI is InChI=1S/C22H25FN6O/c1-16-13-18(23)7-8-20(16)29-15-19(25-26-29)22(30)24-14-17-5-3-4-6-21(17)28-11-9-27(2)10-12-28/h3-8,13,15H,9-12,14H2,1-2H3,(H,24,30). The zero-order valence-electron chi connectivity index (χ0n) is 17.2. The van der Waals surface area contributed by atoms with Gasteiger partial charge in [-0.05, 0) is 49.4 Å². The van der Waals surface area contributed by atoms with Gasteiger partial charge >= 0.3 is 0 Å². The van der Waals surface area contributed by atoms with Gasteiger partial charge in [-0.3, -0.25) is 4.79 Å². The van der Waals surface area contributed by atoms with Crippen LogP contribution >= 0.6 is 0 Å². The van der Waals surface area contributed by atoms with E-state index in [0.717, 1.165) is 37.4 Å². The van der Waals surface area contributed by atoms with E-state index in [2.05, 4.69) is 38.5 Å². The summed E-state index contributed by atoms with van der Waals surface area (Å²) in [6.45, 7) is 6.16. The Morgan fingerprint density at radius 2 is 1.87 bits per heavy atom. The lowest BCUT2D eigenvalue weighted by Crippen LogP contribution is -2.45. The van der Waals surface area contributed by atoms with Crippen molar-refractivity contribution in [1.29, 1.82) is 0 Å². The number of rotatable bonds is 5. The number of benzene rings is 2. The highest BCUT2D eigenvalue weighted by Crippen LogP contribution is 2.22. The molecule has 0 aliphatic carbocycles. The zero-order valence-corrected chi connectivity index (χ0v) is 17.2. The van der Waals surface area contributed by atoms with Gasteiger partial charge in [-0.25, -0.2) is 9.07 Å². The van der Waals surface area contributed by atoms with Gasteiger partial charge in [0.15, 0.2) is 5.69 Å². The van der Waals surface area contributed by atoms with Crippen molar-refractivity contribution in [3.8, 4) is 5.69 Å². The average molecular weight is 408 g/mol. The first kappa shape index (κ1) is 20.0. The summed E-state index contributed by atoms with van der Waals surface area (Å²) in [7, 11) is 2.13. The second-order valence-corrected chi connectivity index (χ2v) is 7.58. The lowest BCUT2D eigenvalue weighted by Gasteiger charge is -2.35. The highest BCUT2D eigenvalue weighted by molar-refractivity contribution is 5.92. The van der Waals surface area contributed by atoms with Crippen LogP contribution in [-0.2, 0) is 6.54 Å². The number of nitrogens with zero attached hydrogens (tertiary/aromatic N) is 5. The van der Waals surface area contributed by atoms with Gasteiger partial charge in [-0.1, -0.05) is 23.4 Å². The van der Waals surface area contributed by atoms with Crippen LogP contribution in [0.5, 0.6) is 0 Å². The number of amides is 1. The van der Waals surface area contributed by atoms with Crippen LogP contribution in [0.3, 0.4) is 0 Å². The molecule has 0 atom stereocenters. The molecule has 0 spiro atoms. The number of hydrogen-bond acceptors (Lipinski definition) is 5. The Hall–Kier alpha value is -3.26. The fourth-order valence-corrected chi connectivity index (χ4v) is 3.64. The van der Waals surface area contributed by atoms with E-state index in [0.29, 0.717) is 17.8 Å². The van der Waals surface area contributed by atoms with Crippen molar-refractivity contribution in [1.82, 2.24) is 25.2 Å². The lowest BCUT2D eigenvalue weighted by molar-refractivity contribution is 0.0946. The van der Waals surface area contributed by atoms with E-state index in [4.69, 9.17) is 0 Å². The Bertz CT molecular complexity index is 1040. The summed E-state index contributed by atoms with van der Waals surface area (Å²) < 4.78 is 14.8. The van der Waals surface area contributed by atoms with Crippen molar-refractivity contribution in [2.24, 2.45) is 0 Å². The molecule has 0 saturated carbocycles. The Kier molecular flexibility index (Phi) is 5.76. The molecule has 0 unspecified atom stereocenters. The topological polar surface area (TPSA) is 66.3 Å². The minimum atomic E-state index is -0.312. The van der Waals surface area contributed by atoms with Gasteiger partial charge in [0.05, 0.1) is 11.9 Å². The number of piperazine rings is 1. The summed E-state index contributed by atoms with van der Waals surface area (Å²) >= 11 is 0. The normalized spacial score (nSPS) is 14.7. The van der Waals surface area contributed by atoms with Gasteiger partial charge < -0.3 is 15.1 Å². The van der Waals surface area contributed by atoms with Crippen LogP contribution in [0.25, 0.3) is 5.69 Å². The second kappa shape index (κ2) is 8.62. The highest BCUT2D eigenvalue weighted by Gasteiger charge is 2.18. The summed E-state index contributed by atoms with van der Waals surface area (Å²) in [5.41, 5.74) is 3.83. The smallest absolute Gasteiger partial charge is 0.273 e. The number of hydrogen-bond donors (Lipinski definition) is 1. The number of aromatic nitrogens is 3. The van der Waals surface area contributed by atoms with Crippen LogP contribution < -0.4 is 10.2 Å². The first-order chi connectivity index (χ1) is 14.5. The first-order valence-corrected chi connectivity index (χ1v) is 10.00. The molecular formula is C22H25FN6O. The van der Waals surface area contributed by atoms with Crippen molar-refractivity contribution in [3.05, 3.63) is 71.3 Å². The summed E-state index contributed by atoms with van der Waals surface area (Å²) in [6.07, 6.45) is 1.56. The monoisotopic (exact) mass is 408 g/mol. The van der Waals surface area contributed by atoms with Crippen molar-refractivity contribution in [3.63, 3.8) is 0 Å². The van der Waals surface area contributed by atoms with Gasteiger partial charge in [0.1, 0.15) is 5.82 Å². The van der Waals surface area contributed by atoms with Crippen LogP contribution in [0.2, 0.25) is 0 Å². The minimum absolute atomic E-state index is 0.218. The maximum Gasteiger partial charge on any atom is 0.273 e. The molecule has 7 nitrogen and oxygen atoms in total. The summed E-state index contributed by atoms with van der Waals surface area (Å²) in [5, 5.41) is 10.9. The molecule has 1 amide bonds. The van der Waals surface area contributed by atoms with Crippen molar-refractivity contribution >= 4 is 11.6 Å². The van der Waals surface area contributed by atoms with E-state index in [1.54, 1.807) is 19.2 Å². The number of carbonyl (C=O) groups excluding carboxylic acids is 1. The van der Waals surface area contributed by atoms with Crippen LogP contribution in [0.4, 0.5) is 10.1 Å². The van der Waals surface area contributed by atoms with E-state index in [-0.39, 0.29) is 17.4 Å². The van der Waals surface area contributed by atoms with E-state index in [9.17, 15) is 9.18 Å². The Labute approximate surface area is 175 Å². The second-order valence-electron chi connectivity index (χ2n) is 7.58. The maximum atomic E-state index is 13.3. The molecule has 30 heavy (non-hydrogen) atoms. The van der Waals surface area contributed by atoms with Gasteiger partial charge in [-0.15, -0.1) is 5.10 Å². The molecule has 1 aromatic heterocycles. The van der Waals surface area contributed by atoms with Crippen LogP contribution in [0.1, 0.15) is 21.6 Å². The number of aryl methyl sites for hydroxylation is 1. The minimum Gasteiger partial charge on any atom is -0.369 e. The van der Waals surface area contributed by atoms with Gasteiger partial charge in [0.25, 0.3) is 5.91 Å². The van der Waals surface area contributed by atoms with Crippen LogP contribution in [-0.4, -0.2) is 59.0 Å². The van der Waals surface area contributed by atoms with Crippen LogP contribution in [0, 0.1) is 12.7 Å². The molecule has 2 heterocycles. The number of carbonyl (C=O) groups is 1. The zero-order chi connectivity index (χ0) is 21.1. The van der Waals surface area contributed by atoms with Crippen molar-refractivity contribution in [2.75, 3.05) is 38.1 Å². The lowest BCUT2D eigenvalue weighted by atomic mass is 10.1. The van der Waals surface area contributed by atoms with Gasteiger partial charge in [0, 0.05) is 38.4 Å². The van der Waals surface area contributed by atoms with Crippen molar-refractivity contribution < 1.29 is 9.18 Å². The summed E-state index contributed by atoms with van der Waals surface area (Å²) in [6, 6.07) is 12.5. The van der Waals surface area contributed by atoms with Crippen molar-refractivity contribution in [2.45, 2.75) is 13.5 Å². The average Bonchev–Trinajstić information content (AvgIpc) is 3.23. The molecule has 3 aromatic rings. The summed E-state index contributed by atoms with van der Waals surface area (Å²) in [5.74, 6) is -0.609. The third kappa shape index (κ3) is 4.33. The first-order valence-electron chi connectivity index (χ1n) is 10.00. The number of nitrogens with one attached hydrogen (secondary N) is 1. The number of likely N-dealkylation sites (N-methyl/N-ethyl adjacent to an activating group) is 1. The molecular weight excluding hydrogens is 383 g/mol. The molecule has 1 aliphatic rings. The molecule has 0 bridgehead atoms. The Morgan fingerprint density at radius 1 is 1.10 bits per heavy atom. The number of para-hydroxylation sites is 1. The largest absolute Gasteiger partial charge is 0.369 e. The molecule has 4 rings (SSSR count). The molecule has 0 radical (unpaired) electrons. The Balaban J connectivity index is 1.44. The quantitative estimate of drug-likeness (QED) is 0.702. The maximum absolute atomic E-state index is 13.3. The van der Waals surface area contributed by atoms with E-state index >= 15 is 0 Å². The van der Waals surface area contributed by atoms with Gasteiger partial charge in [0.2, 0.25) is 0 Å². The third-order valence-electron chi connectivity index (χ3n) is 5.41. The SMILES string of the molecule is Cc1cc(F)ccc1-n1cc(C(=O)NCc2ccccc2N2CCN(C)CC2)nn1. The van der Waals surface area contributed by atoms with Crippen LogP contribution in [0.15, 0.2) is 48.7 Å².